The van der Waals surface area contributed by atoms with E-state index in [2.05, 4.69) is 24.5 Å². The second kappa shape index (κ2) is 6.56. The summed E-state index contributed by atoms with van der Waals surface area (Å²) in [6.45, 7) is 4.77. The van der Waals surface area contributed by atoms with Gasteiger partial charge in [0.05, 0.1) is 12.7 Å². The summed E-state index contributed by atoms with van der Waals surface area (Å²) in [7, 11) is 0. The Bertz CT molecular complexity index is 260. The number of benzene rings is 1. The van der Waals surface area contributed by atoms with Crippen LogP contribution in [0.3, 0.4) is 0 Å². The summed E-state index contributed by atoms with van der Waals surface area (Å²) >= 11 is 0. The molecule has 0 radical (unpaired) electrons. The van der Waals surface area contributed by atoms with Crippen LogP contribution in [-0.2, 0) is 11.3 Å². The van der Waals surface area contributed by atoms with Crippen LogP contribution in [-0.4, -0.2) is 12.1 Å². The molecule has 0 saturated heterocycles. The first kappa shape index (κ1) is 12.2. The highest BCUT2D eigenvalue weighted by molar-refractivity contribution is 5.13. The summed E-state index contributed by atoms with van der Waals surface area (Å²) in [5.41, 5.74) is 3.95. The highest BCUT2D eigenvalue weighted by Gasteiger charge is 2.13. The minimum Gasteiger partial charge on any atom is -0.372 e. The Labute approximate surface area is 91.6 Å². The number of hydrogen-bond donors (Lipinski definition) is 2. The first-order valence-electron chi connectivity index (χ1n) is 5.39. The van der Waals surface area contributed by atoms with Gasteiger partial charge in [-0.3, -0.25) is 11.3 Å². The molecule has 0 spiro atoms. The minimum absolute atomic E-state index is 0.125. The normalized spacial score (nSPS) is 14.9. The number of ether oxygens (including phenoxy) is 1. The molecule has 1 aromatic rings. The van der Waals surface area contributed by atoms with E-state index in [1.54, 1.807) is 0 Å². The molecule has 3 N–H and O–H groups in total. The summed E-state index contributed by atoms with van der Waals surface area (Å²) in [4.78, 5) is 0. The molecule has 84 valence electrons. The van der Waals surface area contributed by atoms with Crippen LogP contribution < -0.4 is 11.3 Å². The predicted molar refractivity (Wildman–Crippen MR) is 62.1 cm³/mol. The molecule has 0 aliphatic heterocycles. The quantitative estimate of drug-likeness (QED) is 0.554. The van der Waals surface area contributed by atoms with Crippen molar-refractivity contribution >= 4 is 0 Å². The Balaban J connectivity index is 2.36. The molecule has 0 fully saturated rings. The number of rotatable bonds is 6. The molecule has 1 rings (SSSR count). The van der Waals surface area contributed by atoms with Gasteiger partial charge in [0.1, 0.15) is 0 Å². The largest absolute Gasteiger partial charge is 0.372 e. The molecular weight excluding hydrogens is 188 g/mol. The van der Waals surface area contributed by atoms with Crippen molar-refractivity contribution in [3.8, 4) is 0 Å². The number of hydrazine groups is 1. The lowest BCUT2D eigenvalue weighted by molar-refractivity contribution is 0.0261. The van der Waals surface area contributed by atoms with Gasteiger partial charge in [0.2, 0.25) is 0 Å². The molecule has 0 aromatic heterocycles. The maximum Gasteiger partial charge on any atom is 0.0721 e. The SMILES string of the molecule is CCC(NN)[C@H](C)OCc1ccccc1. The Hall–Kier alpha value is -0.900. The van der Waals surface area contributed by atoms with Gasteiger partial charge in [0.15, 0.2) is 0 Å². The van der Waals surface area contributed by atoms with Gasteiger partial charge in [-0.25, -0.2) is 0 Å². The first-order chi connectivity index (χ1) is 7.27. The smallest absolute Gasteiger partial charge is 0.0721 e. The van der Waals surface area contributed by atoms with Crippen molar-refractivity contribution in [2.45, 2.75) is 39.0 Å². The van der Waals surface area contributed by atoms with Crippen LogP contribution in [0.4, 0.5) is 0 Å². The molecular formula is C12H20N2O. The van der Waals surface area contributed by atoms with E-state index in [0.717, 1.165) is 6.42 Å². The van der Waals surface area contributed by atoms with Crippen molar-refractivity contribution in [2.75, 3.05) is 0 Å². The third-order valence-corrected chi connectivity index (χ3v) is 2.58. The zero-order valence-corrected chi connectivity index (χ0v) is 9.44. The third-order valence-electron chi connectivity index (χ3n) is 2.58. The molecule has 2 atom stereocenters. The van der Waals surface area contributed by atoms with Gasteiger partial charge in [-0.2, -0.15) is 0 Å². The van der Waals surface area contributed by atoms with Crippen LogP contribution in [0.15, 0.2) is 30.3 Å². The summed E-state index contributed by atoms with van der Waals surface area (Å²) in [6, 6.07) is 10.4. The predicted octanol–water partition coefficient (Wildman–Crippen LogP) is 1.83. The van der Waals surface area contributed by atoms with Gasteiger partial charge in [-0.15, -0.1) is 0 Å². The molecule has 15 heavy (non-hydrogen) atoms. The lowest BCUT2D eigenvalue weighted by Gasteiger charge is -2.22. The van der Waals surface area contributed by atoms with E-state index in [1.165, 1.54) is 5.56 Å². The van der Waals surface area contributed by atoms with E-state index < -0.39 is 0 Å². The average molecular weight is 208 g/mol. The topological polar surface area (TPSA) is 47.3 Å². The fraction of sp³-hybridized carbons (Fsp3) is 0.500. The second-order valence-electron chi connectivity index (χ2n) is 3.68. The van der Waals surface area contributed by atoms with Crippen molar-refractivity contribution in [1.82, 2.24) is 5.43 Å². The van der Waals surface area contributed by atoms with Crippen molar-refractivity contribution in [1.29, 1.82) is 0 Å². The van der Waals surface area contributed by atoms with E-state index in [4.69, 9.17) is 10.6 Å². The van der Waals surface area contributed by atoms with Gasteiger partial charge in [-0.1, -0.05) is 37.3 Å². The maximum atomic E-state index is 5.73. The molecule has 0 saturated carbocycles. The van der Waals surface area contributed by atoms with E-state index >= 15 is 0 Å². The number of hydrogen-bond acceptors (Lipinski definition) is 3. The molecule has 0 aliphatic rings. The molecule has 3 nitrogen and oxygen atoms in total. The zero-order valence-electron chi connectivity index (χ0n) is 9.44. The fourth-order valence-electron chi connectivity index (χ4n) is 1.50. The first-order valence-corrected chi connectivity index (χ1v) is 5.39. The lowest BCUT2D eigenvalue weighted by atomic mass is 10.1. The Morgan fingerprint density at radius 1 is 1.33 bits per heavy atom. The fourth-order valence-corrected chi connectivity index (χ4v) is 1.50. The highest BCUT2D eigenvalue weighted by Crippen LogP contribution is 2.07. The molecule has 1 aromatic carbocycles. The van der Waals surface area contributed by atoms with E-state index in [-0.39, 0.29) is 12.1 Å². The highest BCUT2D eigenvalue weighted by atomic mass is 16.5. The Kier molecular flexibility index (Phi) is 5.32. The molecule has 0 amide bonds. The van der Waals surface area contributed by atoms with Crippen LogP contribution >= 0.6 is 0 Å². The molecule has 0 aliphatic carbocycles. The summed E-state index contributed by atoms with van der Waals surface area (Å²) < 4.78 is 5.73. The van der Waals surface area contributed by atoms with Gasteiger partial charge in [0.25, 0.3) is 0 Å². The molecule has 3 heteroatoms. The minimum atomic E-state index is 0.125. The Morgan fingerprint density at radius 3 is 2.53 bits per heavy atom. The van der Waals surface area contributed by atoms with E-state index in [0.29, 0.717) is 6.61 Å². The molecule has 0 heterocycles. The van der Waals surface area contributed by atoms with E-state index in [1.807, 2.05) is 25.1 Å². The van der Waals surface area contributed by atoms with Crippen molar-refractivity contribution < 1.29 is 4.74 Å². The van der Waals surface area contributed by atoms with Crippen molar-refractivity contribution in [2.24, 2.45) is 5.84 Å². The zero-order chi connectivity index (χ0) is 11.1. The van der Waals surface area contributed by atoms with Gasteiger partial charge >= 0.3 is 0 Å². The van der Waals surface area contributed by atoms with E-state index in [9.17, 15) is 0 Å². The van der Waals surface area contributed by atoms with Crippen LogP contribution in [0, 0.1) is 0 Å². The van der Waals surface area contributed by atoms with Crippen LogP contribution in [0.25, 0.3) is 0 Å². The third kappa shape index (κ3) is 4.00. The second-order valence-corrected chi connectivity index (χ2v) is 3.68. The number of nitrogens with one attached hydrogen (secondary N) is 1. The average Bonchev–Trinajstić information content (AvgIpc) is 2.29. The lowest BCUT2D eigenvalue weighted by Crippen LogP contribution is -2.43. The standard InChI is InChI=1S/C12H20N2O/c1-3-12(14-13)10(2)15-9-11-7-5-4-6-8-11/h4-8,10,12,14H,3,9,13H2,1-2H3/t10-,12?/m0/s1. The molecule has 0 bridgehead atoms. The van der Waals surface area contributed by atoms with Gasteiger partial charge in [0, 0.05) is 6.04 Å². The van der Waals surface area contributed by atoms with Crippen LogP contribution in [0.5, 0.6) is 0 Å². The van der Waals surface area contributed by atoms with Crippen molar-refractivity contribution in [3.63, 3.8) is 0 Å². The van der Waals surface area contributed by atoms with Gasteiger partial charge < -0.3 is 4.74 Å². The van der Waals surface area contributed by atoms with Crippen molar-refractivity contribution in [3.05, 3.63) is 35.9 Å². The maximum absolute atomic E-state index is 5.73. The monoisotopic (exact) mass is 208 g/mol. The molecule has 1 unspecified atom stereocenters. The summed E-state index contributed by atoms with van der Waals surface area (Å²) in [5.74, 6) is 5.42. The van der Waals surface area contributed by atoms with Crippen LogP contribution in [0.2, 0.25) is 0 Å². The Morgan fingerprint density at radius 2 is 2.00 bits per heavy atom. The summed E-state index contributed by atoms with van der Waals surface area (Å²) in [5, 5.41) is 0. The summed E-state index contributed by atoms with van der Waals surface area (Å²) in [6.07, 6.45) is 1.09. The number of nitrogens with two attached hydrogens (primary N) is 1. The van der Waals surface area contributed by atoms with Gasteiger partial charge in [-0.05, 0) is 18.9 Å². The van der Waals surface area contributed by atoms with Crippen LogP contribution in [0.1, 0.15) is 25.8 Å².